The summed E-state index contributed by atoms with van der Waals surface area (Å²) >= 11 is 6.35. The van der Waals surface area contributed by atoms with Crippen LogP contribution in [0.1, 0.15) is 36.8 Å². The quantitative estimate of drug-likeness (QED) is 0.691. The normalized spacial score (nSPS) is 10.9. The third-order valence-corrected chi connectivity index (χ3v) is 3.37. The molecule has 1 N–H and O–H groups in total. The number of halogens is 1. The molecule has 6 heteroatoms. The van der Waals surface area contributed by atoms with Crippen molar-refractivity contribution in [1.29, 1.82) is 0 Å². The molecule has 0 saturated carbocycles. The zero-order valence-corrected chi connectivity index (χ0v) is 12.0. The molecule has 0 spiro atoms. The van der Waals surface area contributed by atoms with Gasteiger partial charge in [-0.2, -0.15) is 4.68 Å². The molecule has 0 radical (unpaired) electrons. The standard InChI is InChI=1S/C13H16ClN3O2/c1-4-9-10(13(18)19-6-3)11(14)8-7-15-17(5-2)12(8)16-9/h7H,4-6H2,1-3H3/p+1. The first-order valence-corrected chi connectivity index (χ1v) is 6.78. The Kier molecular flexibility index (Phi) is 4.04. The number of aromatic nitrogens is 3. The second-order valence-corrected chi connectivity index (χ2v) is 4.45. The van der Waals surface area contributed by atoms with E-state index in [1.807, 2.05) is 18.5 Å². The maximum Gasteiger partial charge on any atom is 0.352 e. The summed E-state index contributed by atoms with van der Waals surface area (Å²) in [6.07, 6.45) is 2.38. The number of rotatable bonds is 4. The van der Waals surface area contributed by atoms with Gasteiger partial charge in [-0.25, -0.2) is 9.89 Å². The van der Waals surface area contributed by atoms with Crippen molar-refractivity contribution in [3.8, 4) is 0 Å². The Bertz CT molecular complexity index is 622. The van der Waals surface area contributed by atoms with Crippen molar-refractivity contribution < 1.29 is 14.2 Å². The maximum absolute atomic E-state index is 12.0. The lowest BCUT2D eigenvalue weighted by Crippen LogP contribution is -2.35. The Hall–Kier alpha value is -1.62. The predicted octanol–water partition coefficient (Wildman–Crippen LogP) is 2.26. The SMILES string of the molecule is CCOC(=O)c1c(CC)nc2c(c[nH][n+]2CC)c1Cl. The van der Waals surface area contributed by atoms with Gasteiger partial charge in [0.2, 0.25) is 0 Å². The Morgan fingerprint density at radius 3 is 2.79 bits per heavy atom. The van der Waals surface area contributed by atoms with Crippen molar-refractivity contribution >= 4 is 28.6 Å². The van der Waals surface area contributed by atoms with Gasteiger partial charge in [0.25, 0.3) is 0 Å². The van der Waals surface area contributed by atoms with Crippen LogP contribution in [-0.4, -0.2) is 22.7 Å². The summed E-state index contributed by atoms with van der Waals surface area (Å²) in [5.74, 6) is -0.414. The molecule has 0 bridgehead atoms. The second kappa shape index (κ2) is 5.57. The largest absolute Gasteiger partial charge is 0.462 e. The summed E-state index contributed by atoms with van der Waals surface area (Å²) in [7, 11) is 0. The highest BCUT2D eigenvalue weighted by Crippen LogP contribution is 2.27. The van der Waals surface area contributed by atoms with E-state index in [1.165, 1.54) is 0 Å². The van der Waals surface area contributed by atoms with Crippen LogP contribution in [0.15, 0.2) is 6.20 Å². The van der Waals surface area contributed by atoms with Gasteiger partial charge in [-0.3, -0.25) is 0 Å². The van der Waals surface area contributed by atoms with Crippen molar-refractivity contribution in [2.45, 2.75) is 33.7 Å². The number of ether oxygens (including phenoxy) is 1. The smallest absolute Gasteiger partial charge is 0.352 e. The molecule has 5 nitrogen and oxygen atoms in total. The van der Waals surface area contributed by atoms with E-state index in [9.17, 15) is 4.79 Å². The van der Waals surface area contributed by atoms with Gasteiger partial charge in [0.1, 0.15) is 17.5 Å². The number of fused-ring (bicyclic) bond motifs is 1. The van der Waals surface area contributed by atoms with Crippen molar-refractivity contribution in [3.63, 3.8) is 0 Å². The zero-order valence-electron chi connectivity index (χ0n) is 11.3. The van der Waals surface area contributed by atoms with Crippen LogP contribution in [-0.2, 0) is 17.7 Å². The van der Waals surface area contributed by atoms with Gasteiger partial charge in [-0.1, -0.05) is 18.5 Å². The summed E-state index contributed by atoms with van der Waals surface area (Å²) in [4.78, 5) is 16.5. The van der Waals surface area contributed by atoms with E-state index in [0.29, 0.717) is 29.3 Å². The van der Waals surface area contributed by atoms with Gasteiger partial charge >= 0.3 is 11.6 Å². The predicted molar refractivity (Wildman–Crippen MR) is 72.3 cm³/mol. The molecule has 19 heavy (non-hydrogen) atoms. The number of nitrogens with zero attached hydrogens (tertiary/aromatic N) is 2. The Labute approximate surface area is 116 Å². The van der Waals surface area contributed by atoms with E-state index < -0.39 is 5.97 Å². The van der Waals surface area contributed by atoms with Gasteiger partial charge in [-0.05, 0) is 18.8 Å². The summed E-state index contributed by atoms with van der Waals surface area (Å²) in [5.41, 5.74) is 1.80. The number of esters is 1. The molecule has 0 aromatic carbocycles. The number of pyridine rings is 1. The molecule has 0 fully saturated rings. The molecule has 0 aliphatic rings. The first-order valence-electron chi connectivity index (χ1n) is 6.40. The van der Waals surface area contributed by atoms with Gasteiger partial charge in [-0.15, -0.1) is 0 Å². The van der Waals surface area contributed by atoms with Crippen molar-refractivity contribution in [1.82, 2.24) is 10.1 Å². The molecule has 0 unspecified atom stereocenters. The van der Waals surface area contributed by atoms with Crippen molar-refractivity contribution in [2.24, 2.45) is 0 Å². The average molecular weight is 283 g/mol. The van der Waals surface area contributed by atoms with Gasteiger partial charge in [0.15, 0.2) is 5.69 Å². The lowest BCUT2D eigenvalue weighted by Gasteiger charge is -2.05. The number of hydrogen-bond donors (Lipinski definition) is 1. The van der Waals surface area contributed by atoms with Crippen LogP contribution in [0.2, 0.25) is 5.02 Å². The Morgan fingerprint density at radius 2 is 2.21 bits per heavy atom. The highest BCUT2D eigenvalue weighted by molar-refractivity contribution is 6.38. The second-order valence-electron chi connectivity index (χ2n) is 4.08. The molecule has 2 heterocycles. The summed E-state index contributed by atoms with van der Waals surface area (Å²) in [6, 6.07) is 0. The number of carbonyl (C=O) groups is 1. The molecule has 0 aliphatic carbocycles. The van der Waals surface area contributed by atoms with Crippen LogP contribution in [0.5, 0.6) is 0 Å². The van der Waals surface area contributed by atoms with Gasteiger partial charge < -0.3 is 4.74 Å². The van der Waals surface area contributed by atoms with Crippen LogP contribution in [0.25, 0.3) is 11.0 Å². The zero-order chi connectivity index (χ0) is 14.0. The molecule has 0 amide bonds. The lowest BCUT2D eigenvalue weighted by molar-refractivity contribution is -0.725. The number of carbonyl (C=O) groups excluding carboxylic acids is 1. The van der Waals surface area contributed by atoms with E-state index in [2.05, 4.69) is 10.1 Å². The summed E-state index contributed by atoms with van der Waals surface area (Å²) < 4.78 is 6.94. The number of H-pyrrole nitrogens is 1. The minimum Gasteiger partial charge on any atom is -0.462 e. The van der Waals surface area contributed by atoms with Crippen LogP contribution in [0.3, 0.4) is 0 Å². The molecule has 102 valence electrons. The third-order valence-electron chi connectivity index (χ3n) is 2.98. The van der Waals surface area contributed by atoms with E-state index in [1.54, 1.807) is 13.1 Å². The first kappa shape index (κ1) is 13.8. The highest BCUT2D eigenvalue weighted by atomic mass is 35.5. The van der Waals surface area contributed by atoms with E-state index in [0.717, 1.165) is 17.6 Å². The van der Waals surface area contributed by atoms with Gasteiger partial charge in [0, 0.05) is 6.42 Å². The van der Waals surface area contributed by atoms with Crippen molar-refractivity contribution in [2.75, 3.05) is 6.61 Å². The van der Waals surface area contributed by atoms with Gasteiger partial charge in [0.05, 0.1) is 17.8 Å². The van der Waals surface area contributed by atoms with Crippen LogP contribution < -0.4 is 4.68 Å². The third kappa shape index (κ3) is 2.30. The molecular formula is C13H17ClN3O2+. The molecule has 0 saturated heterocycles. The van der Waals surface area contributed by atoms with E-state index in [4.69, 9.17) is 16.3 Å². The maximum atomic E-state index is 12.0. The Balaban J connectivity index is 2.70. The molecule has 2 aromatic rings. The number of aryl methyl sites for hydroxylation is 2. The van der Waals surface area contributed by atoms with Crippen molar-refractivity contribution in [3.05, 3.63) is 22.5 Å². The molecule has 2 aromatic heterocycles. The lowest BCUT2D eigenvalue weighted by atomic mass is 10.1. The topological polar surface area (TPSA) is 58.9 Å². The average Bonchev–Trinajstić information content (AvgIpc) is 2.81. The minimum absolute atomic E-state index is 0.318. The number of aromatic amines is 1. The fourth-order valence-electron chi connectivity index (χ4n) is 2.05. The van der Waals surface area contributed by atoms with Crippen LogP contribution >= 0.6 is 11.6 Å². The summed E-state index contributed by atoms with van der Waals surface area (Å²) in [5, 5.41) is 4.22. The molecule has 0 atom stereocenters. The fraction of sp³-hybridized carbons (Fsp3) is 0.462. The molecular weight excluding hydrogens is 266 g/mol. The monoisotopic (exact) mass is 282 g/mol. The van der Waals surface area contributed by atoms with E-state index >= 15 is 0 Å². The molecule has 0 aliphatic heterocycles. The summed E-state index contributed by atoms with van der Waals surface area (Å²) in [6.45, 7) is 6.80. The first-order chi connectivity index (χ1) is 9.13. The van der Waals surface area contributed by atoms with Crippen LogP contribution in [0.4, 0.5) is 0 Å². The van der Waals surface area contributed by atoms with Crippen LogP contribution in [0, 0.1) is 0 Å². The molecule has 2 rings (SSSR count). The minimum atomic E-state index is -0.414. The highest BCUT2D eigenvalue weighted by Gasteiger charge is 2.27. The van der Waals surface area contributed by atoms with E-state index in [-0.39, 0.29) is 0 Å². The fourth-order valence-corrected chi connectivity index (χ4v) is 2.37. The number of nitrogens with one attached hydrogen (secondary N) is 1. The number of hydrogen-bond acceptors (Lipinski definition) is 3. The Morgan fingerprint density at radius 1 is 1.47 bits per heavy atom.